The summed E-state index contributed by atoms with van der Waals surface area (Å²) in [5, 5.41) is 0. The third-order valence-electron chi connectivity index (χ3n) is 0. The van der Waals surface area contributed by atoms with E-state index in [2.05, 4.69) is 0 Å². The van der Waals surface area contributed by atoms with Crippen LogP contribution in [0.1, 0.15) is 0 Å². The first-order chi connectivity index (χ1) is 8.66. The first-order valence-corrected chi connectivity index (χ1v) is 9.19. The molecule has 0 N–H and O–H groups in total. The van der Waals surface area contributed by atoms with Crippen LogP contribution in [0.2, 0.25) is 0 Å². The van der Waals surface area contributed by atoms with Crippen LogP contribution >= 0.6 is 0 Å². The van der Waals surface area contributed by atoms with E-state index in [9.17, 15) is 0 Å². The smallest absolute Gasteiger partial charge is 0.672 e. The van der Waals surface area contributed by atoms with Crippen molar-refractivity contribution in [2.75, 3.05) is 0 Å². The standard InChI is InChI=1S/2Ba.2Gd.5O3Si/c;;;;5*1-4(2)3/q2*+2;2*+3;5*-2. The summed E-state index contributed by atoms with van der Waals surface area (Å²) in [6.45, 7) is 0. The van der Waals surface area contributed by atoms with E-state index in [1.165, 1.54) is 0 Å². The zero-order chi connectivity index (χ0) is 17.9. The Morgan fingerprint density at radius 2 is 0.333 bits per heavy atom. The molecule has 15 nitrogen and oxygen atoms in total. The minimum absolute atomic E-state index is 0. The predicted octanol–water partition coefficient (Wildman–Crippen LogP) is -15.1. The molecule has 0 aliphatic heterocycles. The van der Waals surface area contributed by atoms with Gasteiger partial charge in [-0.3, -0.25) is 0 Å². The molecule has 0 aromatic heterocycles. The molecule has 0 aromatic carbocycles. The fraction of sp³-hybridized carbons (Fsp3) is 0. The fourth-order valence-corrected chi connectivity index (χ4v) is 0. The van der Waals surface area contributed by atoms with Gasteiger partial charge in [-0.25, -0.2) is 0 Å². The van der Waals surface area contributed by atoms with E-state index in [0.29, 0.717) is 0 Å². The molecule has 0 rings (SSSR count). The van der Waals surface area contributed by atoms with Gasteiger partial charge in [0.25, 0.3) is 0 Å². The van der Waals surface area contributed by atoms with Gasteiger partial charge in [0.1, 0.15) is 0 Å². The van der Waals surface area contributed by atoms with Gasteiger partial charge in [0.15, 0.2) is 0 Å². The molecule has 0 aliphatic rings. The molecular formula is Ba2Gd2O15Si5. The maximum Gasteiger partial charge on any atom is 3.00 e. The maximum absolute atomic E-state index is 8.52. The largest absolute Gasteiger partial charge is 3.00 e. The molecule has 0 atom stereocenters. The summed E-state index contributed by atoms with van der Waals surface area (Å²) in [5.74, 6) is 0. The third kappa shape index (κ3) is 1070. The maximum atomic E-state index is 8.52. The van der Waals surface area contributed by atoms with Gasteiger partial charge in [-0.15, -0.1) is 0 Å². The summed E-state index contributed by atoms with van der Waals surface area (Å²) >= 11 is 0. The molecule has 0 heterocycles. The van der Waals surface area contributed by atoms with Gasteiger partial charge in [-0.05, 0) is 0 Å². The van der Waals surface area contributed by atoms with Crippen molar-refractivity contribution in [3.63, 3.8) is 0 Å². The Labute approximate surface area is 286 Å². The molecule has 0 bridgehead atoms. The summed E-state index contributed by atoms with van der Waals surface area (Å²) in [6.07, 6.45) is 0. The van der Waals surface area contributed by atoms with Crippen LogP contribution in [0.5, 0.6) is 0 Å². The van der Waals surface area contributed by atoms with E-state index in [-0.39, 0.29) is 178 Å². The molecule has 0 unspecified atom stereocenters. The molecular weight excluding hydrogens is 970 g/mol. The van der Waals surface area contributed by atoms with Crippen LogP contribution in [-0.2, 0) is 22.3 Å². The van der Waals surface area contributed by atoms with Crippen LogP contribution in [-0.4, -0.2) is 144 Å². The van der Waals surface area contributed by atoms with Crippen molar-refractivity contribution in [2.45, 2.75) is 0 Å². The molecule has 0 fully saturated rings. The van der Waals surface area contributed by atoms with Crippen molar-refractivity contribution in [1.29, 1.82) is 0 Å². The average Bonchev–Trinajstić information content (AvgIpc) is 1.94. The van der Waals surface area contributed by atoms with Crippen LogP contribution in [0.25, 0.3) is 0 Å². The molecule has 2 radical (unpaired) electrons. The van der Waals surface area contributed by atoms with Crippen LogP contribution < -0.4 is 48.0 Å². The van der Waals surface area contributed by atoms with Gasteiger partial charge in [0.2, 0.25) is 0 Å². The van der Waals surface area contributed by atoms with Gasteiger partial charge in [-0.2, -0.15) is 0 Å². The molecule has 0 saturated heterocycles. The zero-order valence-corrected chi connectivity index (χ0v) is 29.2. The second-order valence-corrected chi connectivity index (χ2v) is 3.75. The first-order valence-electron chi connectivity index (χ1n) is 3.06. The summed E-state index contributed by atoms with van der Waals surface area (Å²) in [7, 11) is -18.1. The summed E-state index contributed by atoms with van der Waals surface area (Å²) in [5.41, 5.74) is 0. The quantitative estimate of drug-likeness (QED) is 0.204. The van der Waals surface area contributed by atoms with Crippen LogP contribution in [0.4, 0.5) is 0 Å². The Hall–Kier alpha value is 3.88. The zero-order valence-electron chi connectivity index (χ0n) is 10.7. The van der Waals surface area contributed by atoms with E-state index in [1.807, 2.05) is 0 Å². The third-order valence-corrected chi connectivity index (χ3v) is 0. The SMILES string of the molecule is O=[Si]([O-])[O-].O=[Si]([O-])[O-].O=[Si]([O-])[O-].O=[Si]([O-])[O-].O=[Si]([O-])[O-].[Ba+2].[Ba+2].[Gd+3].[Gd+3]. The van der Waals surface area contributed by atoms with Crippen molar-refractivity contribution < 1.29 is 150 Å². The normalized spacial score (nSPS) is 5.00. The topological polar surface area (TPSA) is 316 Å². The molecule has 130 valence electrons. The van der Waals surface area contributed by atoms with Gasteiger partial charge in [0.05, 0.1) is 0 Å². The van der Waals surface area contributed by atoms with E-state index in [1.54, 1.807) is 0 Å². The number of rotatable bonds is 0. The molecule has 24 heavy (non-hydrogen) atoms. The van der Waals surface area contributed by atoms with E-state index in [4.69, 9.17) is 70.3 Å². The number of hydrogen-bond donors (Lipinski definition) is 0. The van der Waals surface area contributed by atoms with Gasteiger partial charge < -0.3 is 70.3 Å². The summed E-state index contributed by atoms with van der Waals surface area (Å²) in [6, 6.07) is 0. The van der Waals surface area contributed by atoms with Crippen molar-refractivity contribution in [1.82, 2.24) is 0 Å². The van der Waals surface area contributed by atoms with Crippen molar-refractivity contribution in [2.24, 2.45) is 0 Å². The molecule has 0 spiro atoms. The van der Waals surface area contributed by atoms with Crippen LogP contribution in [0.3, 0.4) is 0 Å². The minimum atomic E-state index is -3.63. The average molecular weight is 970 g/mol. The summed E-state index contributed by atoms with van der Waals surface area (Å²) in [4.78, 5) is 85.2. The van der Waals surface area contributed by atoms with E-state index >= 15 is 0 Å². The van der Waals surface area contributed by atoms with Crippen molar-refractivity contribution in [3.05, 3.63) is 0 Å². The van der Waals surface area contributed by atoms with Crippen molar-refractivity contribution >= 4 is 144 Å². The Bertz CT molecular complexity index is 221. The second kappa shape index (κ2) is 50.5. The molecule has 0 aromatic rings. The van der Waals surface area contributed by atoms with E-state index in [0.717, 1.165) is 0 Å². The minimum Gasteiger partial charge on any atom is -0.672 e. The van der Waals surface area contributed by atoms with Gasteiger partial charge >= 0.3 is 178 Å². The number of hydrogen-bond acceptors (Lipinski definition) is 15. The first kappa shape index (κ1) is 56.5. The van der Waals surface area contributed by atoms with E-state index < -0.39 is 45.9 Å². The Balaban J connectivity index is -0.0000000161. The van der Waals surface area contributed by atoms with Crippen molar-refractivity contribution in [3.8, 4) is 0 Å². The second-order valence-electron chi connectivity index (χ2n) is 1.25. The van der Waals surface area contributed by atoms with Gasteiger partial charge in [0, 0.05) is 45.9 Å². The molecule has 24 heteroatoms. The van der Waals surface area contributed by atoms with Gasteiger partial charge in [-0.1, -0.05) is 0 Å². The Morgan fingerprint density at radius 1 is 0.333 bits per heavy atom. The van der Waals surface area contributed by atoms with Crippen LogP contribution in [0, 0.1) is 79.9 Å². The molecule has 0 amide bonds. The Morgan fingerprint density at radius 3 is 0.333 bits per heavy atom. The monoisotopic (exact) mass is 971 g/mol. The van der Waals surface area contributed by atoms with Crippen LogP contribution in [0.15, 0.2) is 0 Å². The predicted molar refractivity (Wildman–Crippen MR) is 43.7 cm³/mol. The fourth-order valence-electron chi connectivity index (χ4n) is 0. The molecule has 0 saturated carbocycles. The molecule has 0 aliphatic carbocycles. The summed E-state index contributed by atoms with van der Waals surface area (Å²) < 4.78 is 42.6. The Kier molecular flexibility index (Phi) is 119.